The topological polar surface area (TPSA) is 33.1 Å². The summed E-state index contributed by atoms with van der Waals surface area (Å²) in [5.74, 6) is -1.41. The fraction of sp³-hybridized carbons (Fsp3) is 0.118. The highest BCUT2D eigenvalue weighted by molar-refractivity contribution is 5.79. The highest BCUT2D eigenvalue weighted by atomic mass is 19.1. The van der Waals surface area contributed by atoms with Crippen molar-refractivity contribution in [3.05, 3.63) is 77.0 Å². The summed E-state index contributed by atoms with van der Waals surface area (Å²) in [6.07, 6.45) is -1.08. The Kier molecular flexibility index (Phi) is 3.39. The number of pyridine rings is 1. The van der Waals surface area contributed by atoms with Gasteiger partial charge in [-0.25, -0.2) is 8.78 Å². The van der Waals surface area contributed by atoms with E-state index in [1.807, 2.05) is 19.1 Å². The number of aliphatic hydroxyl groups is 1. The minimum atomic E-state index is -1.08. The van der Waals surface area contributed by atoms with Gasteiger partial charge in [0.25, 0.3) is 0 Å². The molecule has 0 bridgehead atoms. The zero-order chi connectivity index (χ0) is 15.0. The quantitative estimate of drug-likeness (QED) is 0.774. The van der Waals surface area contributed by atoms with Crippen molar-refractivity contribution in [3.63, 3.8) is 0 Å². The minimum Gasteiger partial charge on any atom is -0.384 e. The SMILES string of the molecule is Cc1ccc2cc(C(O)c3cc(F)cc(F)c3)ccc2n1. The largest absolute Gasteiger partial charge is 0.384 e. The molecule has 106 valence electrons. The molecule has 1 N–H and O–H groups in total. The van der Waals surface area contributed by atoms with Crippen molar-refractivity contribution in [2.75, 3.05) is 0 Å². The molecule has 1 heterocycles. The molecule has 4 heteroatoms. The van der Waals surface area contributed by atoms with Crippen LogP contribution in [0.1, 0.15) is 22.9 Å². The van der Waals surface area contributed by atoms with E-state index in [-0.39, 0.29) is 5.56 Å². The summed E-state index contributed by atoms with van der Waals surface area (Å²) in [4.78, 5) is 4.38. The second-order valence-corrected chi connectivity index (χ2v) is 5.01. The molecule has 0 spiro atoms. The predicted molar refractivity (Wildman–Crippen MR) is 76.9 cm³/mol. The van der Waals surface area contributed by atoms with Crippen LogP contribution < -0.4 is 0 Å². The molecule has 0 amide bonds. The maximum atomic E-state index is 13.2. The Morgan fingerprint density at radius 1 is 0.905 bits per heavy atom. The van der Waals surface area contributed by atoms with Gasteiger partial charge in [0.2, 0.25) is 0 Å². The second kappa shape index (κ2) is 5.22. The van der Waals surface area contributed by atoms with Gasteiger partial charge < -0.3 is 5.11 Å². The molecule has 0 radical (unpaired) electrons. The van der Waals surface area contributed by atoms with Crippen LogP contribution in [-0.2, 0) is 0 Å². The molecule has 0 saturated carbocycles. The molecule has 21 heavy (non-hydrogen) atoms. The molecule has 3 rings (SSSR count). The van der Waals surface area contributed by atoms with Gasteiger partial charge in [0.1, 0.15) is 17.7 Å². The van der Waals surface area contributed by atoms with Gasteiger partial charge >= 0.3 is 0 Å². The third-order valence-electron chi connectivity index (χ3n) is 3.37. The highest BCUT2D eigenvalue weighted by Gasteiger charge is 2.13. The van der Waals surface area contributed by atoms with Crippen LogP contribution in [0.3, 0.4) is 0 Å². The Hall–Kier alpha value is -2.33. The summed E-state index contributed by atoms with van der Waals surface area (Å²) in [6, 6.07) is 12.1. The Morgan fingerprint density at radius 2 is 1.62 bits per heavy atom. The van der Waals surface area contributed by atoms with E-state index in [1.165, 1.54) is 0 Å². The van der Waals surface area contributed by atoms with E-state index in [4.69, 9.17) is 0 Å². The number of fused-ring (bicyclic) bond motifs is 1. The van der Waals surface area contributed by atoms with Crippen LogP contribution >= 0.6 is 0 Å². The minimum absolute atomic E-state index is 0.187. The fourth-order valence-electron chi connectivity index (χ4n) is 2.34. The Morgan fingerprint density at radius 3 is 2.33 bits per heavy atom. The first kappa shape index (κ1) is 13.6. The van der Waals surface area contributed by atoms with Crippen molar-refractivity contribution in [3.8, 4) is 0 Å². The predicted octanol–water partition coefficient (Wildman–Crippen LogP) is 3.90. The number of hydrogen-bond donors (Lipinski definition) is 1. The zero-order valence-electron chi connectivity index (χ0n) is 11.3. The first-order valence-corrected chi connectivity index (χ1v) is 6.54. The summed E-state index contributed by atoms with van der Waals surface area (Å²) in [6.45, 7) is 1.90. The van der Waals surface area contributed by atoms with E-state index in [0.717, 1.165) is 34.8 Å². The van der Waals surface area contributed by atoms with Crippen LogP contribution in [0.2, 0.25) is 0 Å². The molecule has 2 aromatic carbocycles. The lowest BCUT2D eigenvalue weighted by Gasteiger charge is -2.12. The van der Waals surface area contributed by atoms with Crippen LogP contribution in [0, 0.1) is 18.6 Å². The lowest BCUT2D eigenvalue weighted by Crippen LogP contribution is -2.01. The number of nitrogens with zero attached hydrogens (tertiary/aromatic N) is 1. The van der Waals surface area contributed by atoms with Crippen molar-refractivity contribution >= 4 is 10.9 Å². The number of benzene rings is 2. The van der Waals surface area contributed by atoms with E-state index < -0.39 is 17.7 Å². The second-order valence-electron chi connectivity index (χ2n) is 5.01. The number of aliphatic hydroxyl groups excluding tert-OH is 1. The molecule has 0 saturated heterocycles. The van der Waals surface area contributed by atoms with Gasteiger partial charge in [-0.1, -0.05) is 12.1 Å². The first-order chi connectivity index (χ1) is 10.0. The van der Waals surface area contributed by atoms with Crippen molar-refractivity contribution < 1.29 is 13.9 Å². The van der Waals surface area contributed by atoms with Gasteiger partial charge in [-0.3, -0.25) is 4.98 Å². The average Bonchev–Trinajstić information content (AvgIpc) is 2.45. The molecule has 3 aromatic rings. The van der Waals surface area contributed by atoms with Crippen molar-refractivity contribution in [1.29, 1.82) is 0 Å². The summed E-state index contributed by atoms with van der Waals surface area (Å²) < 4.78 is 26.5. The molecular weight excluding hydrogens is 272 g/mol. The summed E-state index contributed by atoms with van der Waals surface area (Å²) in [5, 5.41) is 11.2. The van der Waals surface area contributed by atoms with Crippen LogP contribution in [-0.4, -0.2) is 10.1 Å². The molecule has 1 aromatic heterocycles. The van der Waals surface area contributed by atoms with Crippen LogP contribution in [0.25, 0.3) is 10.9 Å². The molecular formula is C17H13F2NO. The maximum Gasteiger partial charge on any atom is 0.126 e. The lowest BCUT2D eigenvalue weighted by atomic mass is 9.99. The van der Waals surface area contributed by atoms with Crippen molar-refractivity contribution in [2.24, 2.45) is 0 Å². The van der Waals surface area contributed by atoms with E-state index in [1.54, 1.807) is 18.2 Å². The van der Waals surface area contributed by atoms with Gasteiger partial charge in [0, 0.05) is 17.1 Å². The molecule has 0 aliphatic carbocycles. The van der Waals surface area contributed by atoms with E-state index in [9.17, 15) is 13.9 Å². The van der Waals surface area contributed by atoms with Crippen molar-refractivity contribution in [2.45, 2.75) is 13.0 Å². The summed E-state index contributed by atoms with van der Waals surface area (Å²) in [5.41, 5.74) is 2.48. The third kappa shape index (κ3) is 2.76. The van der Waals surface area contributed by atoms with Crippen LogP contribution in [0.5, 0.6) is 0 Å². The Bertz CT molecular complexity index is 797. The van der Waals surface area contributed by atoms with Gasteiger partial charge in [-0.2, -0.15) is 0 Å². The van der Waals surface area contributed by atoms with Gasteiger partial charge in [0.05, 0.1) is 5.52 Å². The first-order valence-electron chi connectivity index (χ1n) is 6.54. The molecule has 1 atom stereocenters. The number of halogens is 2. The summed E-state index contributed by atoms with van der Waals surface area (Å²) in [7, 11) is 0. The Labute approximate surface area is 120 Å². The van der Waals surface area contributed by atoms with Gasteiger partial charge in [-0.05, 0) is 48.4 Å². The molecule has 1 unspecified atom stereocenters. The van der Waals surface area contributed by atoms with Crippen molar-refractivity contribution in [1.82, 2.24) is 4.98 Å². The Balaban J connectivity index is 2.04. The third-order valence-corrected chi connectivity index (χ3v) is 3.37. The monoisotopic (exact) mass is 285 g/mol. The molecule has 2 nitrogen and oxygen atoms in total. The van der Waals surface area contributed by atoms with Gasteiger partial charge in [-0.15, -0.1) is 0 Å². The normalized spacial score (nSPS) is 12.6. The van der Waals surface area contributed by atoms with Crippen LogP contribution in [0.4, 0.5) is 8.78 Å². The fourth-order valence-corrected chi connectivity index (χ4v) is 2.34. The van der Waals surface area contributed by atoms with E-state index in [0.29, 0.717) is 5.56 Å². The molecule has 0 fully saturated rings. The highest BCUT2D eigenvalue weighted by Crippen LogP contribution is 2.26. The van der Waals surface area contributed by atoms with Crippen LogP contribution in [0.15, 0.2) is 48.5 Å². The lowest BCUT2D eigenvalue weighted by molar-refractivity contribution is 0.219. The summed E-state index contributed by atoms with van der Waals surface area (Å²) >= 11 is 0. The number of hydrogen-bond acceptors (Lipinski definition) is 2. The number of rotatable bonds is 2. The number of aromatic nitrogens is 1. The van der Waals surface area contributed by atoms with E-state index in [2.05, 4.69) is 4.98 Å². The standard InChI is InChI=1S/C17H13F2NO/c1-10-2-3-11-6-12(4-5-16(11)20-10)17(21)13-7-14(18)9-15(19)8-13/h2-9,17,21H,1H3. The zero-order valence-corrected chi connectivity index (χ0v) is 11.3. The van der Waals surface area contributed by atoms with Gasteiger partial charge in [0.15, 0.2) is 0 Å². The van der Waals surface area contributed by atoms with E-state index >= 15 is 0 Å². The molecule has 0 aliphatic heterocycles. The molecule has 0 aliphatic rings. The number of aryl methyl sites for hydroxylation is 1. The maximum absolute atomic E-state index is 13.2. The average molecular weight is 285 g/mol. The smallest absolute Gasteiger partial charge is 0.126 e.